The molecule has 5 heteroatoms. The third-order valence-corrected chi connectivity index (χ3v) is 4.84. The predicted molar refractivity (Wildman–Crippen MR) is 78.2 cm³/mol. The summed E-state index contributed by atoms with van der Waals surface area (Å²) in [5.74, 6) is -0.792. The van der Waals surface area contributed by atoms with Gasteiger partial charge in [-0.2, -0.15) is 0 Å². The van der Waals surface area contributed by atoms with Crippen molar-refractivity contribution in [2.24, 2.45) is 16.6 Å². The number of nitrogens with one attached hydrogen (secondary N) is 1. The van der Waals surface area contributed by atoms with E-state index in [4.69, 9.17) is 17.3 Å². The van der Waals surface area contributed by atoms with Gasteiger partial charge in [-0.05, 0) is 18.2 Å². The quantitative estimate of drug-likeness (QED) is 0.882. The smallest absolute Gasteiger partial charge is 0.251 e. The Morgan fingerprint density at radius 2 is 1.85 bits per heavy atom. The Morgan fingerprint density at radius 3 is 2.35 bits per heavy atom. The molecular weight excluding hydrogens is 279 g/mol. The van der Waals surface area contributed by atoms with Crippen LogP contribution in [0.3, 0.4) is 0 Å². The summed E-state index contributed by atoms with van der Waals surface area (Å²) in [4.78, 5) is 12.3. The molecule has 0 bridgehead atoms. The average molecular weight is 299 g/mol. The van der Waals surface area contributed by atoms with Crippen molar-refractivity contribution >= 4 is 17.5 Å². The van der Waals surface area contributed by atoms with Gasteiger partial charge in [0.25, 0.3) is 5.91 Å². The van der Waals surface area contributed by atoms with Crippen LogP contribution in [-0.2, 0) is 0 Å². The van der Waals surface area contributed by atoms with E-state index in [1.165, 1.54) is 18.2 Å². The molecule has 110 valence electrons. The summed E-state index contributed by atoms with van der Waals surface area (Å²) < 4.78 is 13.1. The van der Waals surface area contributed by atoms with E-state index in [1.54, 1.807) is 0 Å². The summed E-state index contributed by atoms with van der Waals surface area (Å²) in [6.07, 6.45) is 0. The lowest BCUT2D eigenvalue weighted by Crippen LogP contribution is -2.76. The van der Waals surface area contributed by atoms with Gasteiger partial charge in [0.15, 0.2) is 0 Å². The standard InChI is InChI=1S/C15H20ClFN2O/c1-14(2)12(18)15(3,4)13(14)19-11(20)8-5-6-10(17)9(16)7-8/h5-7,12-13H,18H2,1-4H3,(H,19,20). The van der Waals surface area contributed by atoms with Gasteiger partial charge < -0.3 is 11.1 Å². The van der Waals surface area contributed by atoms with E-state index >= 15 is 0 Å². The molecule has 20 heavy (non-hydrogen) atoms. The van der Waals surface area contributed by atoms with E-state index in [0.29, 0.717) is 5.56 Å². The van der Waals surface area contributed by atoms with Crippen molar-refractivity contribution in [2.75, 3.05) is 0 Å². The highest BCUT2D eigenvalue weighted by atomic mass is 35.5. The number of nitrogens with two attached hydrogens (primary N) is 1. The Kier molecular flexibility index (Phi) is 3.59. The minimum Gasteiger partial charge on any atom is -0.348 e. The number of amides is 1. The van der Waals surface area contributed by atoms with Crippen LogP contribution in [0.4, 0.5) is 4.39 Å². The van der Waals surface area contributed by atoms with Crippen molar-refractivity contribution < 1.29 is 9.18 Å². The molecule has 3 N–H and O–H groups in total. The maximum Gasteiger partial charge on any atom is 0.251 e. The lowest BCUT2D eigenvalue weighted by molar-refractivity contribution is -0.0663. The Morgan fingerprint density at radius 1 is 1.30 bits per heavy atom. The van der Waals surface area contributed by atoms with Crippen LogP contribution in [0, 0.1) is 16.6 Å². The van der Waals surface area contributed by atoms with Crippen LogP contribution in [0.2, 0.25) is 5.02 Å². The Balaban J connectivity index is 2.18. The summed E-state index contributed by atoms with van der Waals surface area (Å²) >= 11 is 5.70. The van der Waals surface area contributed by atoms with Gasteiger partial charge in [0.2, 0.25) is 0 Å². The zero-order chi connectivity index (χ0) is 15.3. The van der Waals surface area contributed by atoms with Crippen LogP contribution in [0.15, 0.2) is 18.2 Å². The van der Waals surface area contributed by atoms with Crippen molar-refractivity contribution in [3.63, 3.8) is 0 Å². The van der Waals surface area contributed by atoms with Gasteiger partial charge in [-0.25, -0.2) is 4.39 Å². The molecule has 0 atom stereocenters. The fraction of sp³-hybridized carbons (Fsp3) is 0.533. The van der Waals surface area contributed by atoms with Crippen molar-refractivity contribution in [3.8, 4) is 0 Å². The number of hydrogen-bond donors (Lipinski definition) is 2. The van der Waals surface area contributed by atoms with Crippen LogP contribution in [-0.4, -0.2) is 18.0 Å². The molecule has 2 rings (SSSR count). The van der Waals surface area contributed by atoms with E-state index in [1.807, 2.05) is 27.7 Å². The van der Waals surface area contributed by atoms with Gasteiger partial charge in [0.05, 0.1) is 5.02 Å². The molecule has 1 aromatic carbocycles. The first kappa shape index (κ1) is 15.3. The predicted octanol–water partition coefficient (Wildman–Crippen LogP) is 2.97. The van der Waals surface area contributed by atoms with Gasteiger partial charge in [-0.1, -0.05) is 39.3 Å². The summed E-state index contributed by atoms with van der Waals surface area (Å²) in [7, 11) is 0. The molecule has 0 aliphatic heterocycles. The molecule has 0 saturated heterocycles. The lowest BCUT2D eigenvalue weighted by Gasteiger charge is -2.62. The lowest BCUT2D eigenvalue weighted by atomic mass is 9.48. The minimum atomic E-state index is -0.533. The number of benzene rings is 1. The second-order valence-corrected chi connectivity index (χ2v) is 7.06. The second kappa shape index (κ2) is 4.71. The molecule has 3 nitrogen and oxygen atoms in total. The molecular formula is C15H20ClFN2O. The third-order valence-electron chi connectivity index (χ3n) is 4.55. The SMILES string of the molecule is CC1(C)C(N)C(C)(C)C1NC(=O)c1ccc(F)c(Cl)c1. The van der Waals surface area contributed by atoms with Gasteiger partial charge in [0.1, 0.15) is 5.82 Å². The number of halogens is 2. The minimum absolute atomic E-state index is 0.0112. The Labute approximate surface area is 123 Å². The monoisotopic (exact) mass is 298 g/mol. The number of carbonyl (C=O) groups excluding carboxylic acids is 1. The van der Waals surface area contributed by atoms with Crippen LogP contribution in [0.5, 0.6) is 0 Å². The third kappa shape index (κ3) is 2.21. The molecule has 1 saturated carbocycles. The second-order valence-electron chi connectivity index (χ2n) is 6.66. The summed E-state index contributed by atoms with van der Waals surface area (Å²) in [6, 6.07) is 3.93. The van der Waals surface area contributed by atoms with Crippen LogP contribution in [0.25, 0.3) is 0 Å². The fourth-order valence-electron chi connectivity index (χ4n) is 3.40. The van der Waals surface area contributed by atoms with E-state index in [-0.39, 0.29) is 33.8 Å². The van der Waals surface area contributed by atoms with E-state index in [9.17, 15) is 9.18 Å². The van der Waals surface area contributed by atoms with Gasteiger partial charge in [-0.3, -0.25) is 4.79 Å². The molecule has 0 unspecified atom stereocenters. The molecule has 0 spiro atoms. The molecule has 1 aliphatic carbocycles. The van der Waals surface area contributed by atoms with Crippen LogP contribution >= 0.6 is 11.6 Å². The maximum absolute atomic E-state index is 13.1. The topological polar surface area (TPSA) is 55.1 Å². The highest BCUT2D eigenvalue weighted by Gasteiger charge is 2.60. The Hall–Kier alpha value is -1.13. The Bertz CT molecular complexity index is 541. The first-order valence-corrected chi connectivity index (χ1v) is 6.97. The van der Waals surface area contributed by atoms with Crippen LogP contribution < -0.4 is 11.1 Å². The first-order chi connectivity index (χ1) is 9.08. The summed E-state index contributed by atoms with van der Waals surface area (Å²) in [5, 5.41) is 2.94. The first-order valence-electron chi connectivity index (χ1n) is 6.60. The fourth-order valence-corrected chi connectivity index (χ4v) is 3.58. The molecule has 0 radical (unpaired) electrons. The van der Waals surface area contributed by atoms with E-state index in [0.717, 1.165) is 0 Å². The molecule has 1 aromatic rings. The van der Waals surface area contributed by atoms with Crippen molar-refractivity contribution in [1.82, 2.24) is 5.32 Å². The zero-order valence-electron chi connectivity index (χ0n) is 12.1. The highest BCUT2D eigenvalue weighted by molar-refractivity contribution is 6.31. The van der Waals surface area contributed by atoms with Crippen LogP contribution in [0.1, 0.15) is 38.1 Å². The van der Waals surface area contributed by atoms with Gasteiger partial charge in [-0.15, -0.1) is 0 Å². The van der Waals surface area contributed by atoms with Crippen molar-refractivity contribution in [2.45, 2.75) is 39.8 Å². The number of hydrogen-bond acceptors (Lipinski definition) is 2. The van der Waals surface area contributed by atoms with Gasteiger partial charge >= 0.3 is 0 Å². The summed E-state index contributed by atoms with van der Waals surface area (Å²) in [5.41, 5.74) is 6.16. The zero-order valence-corrected chi connectivity index (χ0v) is 12.9. The molecule has 0 aromatic heterocycles. The molecule has 0 heterocycles. The highest BCUT2D eigenvalue weighted by Crippen LogP contribution is 2.52. The van der Waals surface area contributed by atoms with Gasteiger partial charge in [0, 0.05) is 28.5 Å². The van der Waals surface area contributed by atoms with E-state index < -0.39 is 5.82 Å². The molecule has 1 aliphatic rings. The number of carbonyl (C=O) groups is 1. The molecule has 1 fully saturated rings. The van der Waals surface area contributed by atoms with Crippen molar-refractivity contribution in [3.05, 3.63) is 34.6 Å². The maximum atomic E-state index is 13.1. The normalized spacial score (nSPS) is 26.8. The largest absolute Gasteiger partial charge is 0.348 e. The molecule has 1 amide bonds. The average Bonchev–Trinajstić information content (AvgIpc) is 2.37. The summed E-state index contributed by atoms with van der Waals surface area (Å²) in [6.45, 7) is 8.13. The van der Waals surface area contributed by atoms with E-state index in [2.05, 4.69) is 5.32 Å². The number of rotatable bonds is 2. The van der Waals surface area contributed by atoms with Crippen molar-refractivity contribution in [1.29, 1.82) is 0 Å².